The molecule has 0 radical (unpaired) electrons. The van der Waals surface area contributed by atoms with Crippen LogP contribution in [0.3, 0.4) is 0 Å². The van der Waals surface area contributed by atoms with Crippen LogP contribution < -0.4 is 20.7 Å². The molecular weight excluding hydrogens is 509 g/mol. The first-order valence-electron chi connectivity index (χ1n) is 10.9. The highest BCUT2D eigenvalue weighted by atomic mass is 35.5. The average Bonchev–Trinajstić information content (AvgIpc) is 2.85. The van der Waals surface area contributed by atoms with Crippen LogP contribution in [0.1, 0.15) is 21.5 Å². The second-order valence-electron chi connectivity index (χ2n) is 8.23. The quantitative estimate of drug-likeness (QED) is 0.408. The van der Waals surface area contributed by atoms with Gasteiger partial charge in [-0.3, -0.25) is 9.59 Å². The Morgan fingerprint density at radius 3 is 2.56 bits per heavy atom. The highest BCUT2D eigenvalue weighted by Gasteiger charge is 2.31. The van der Waals surface area contributed by atoms with Crippen LogP contribution in [0.15, 0.2) is 60.7 Å². The molecule has 1 aliphatic heterocycles. The fourth-order valence-corrected chi connectivity index (χ4v) is 5.64. The maximum atomic E-state index is 14.0. The van der Waals surface area contributed by atoms with Crippen LogP contribution in [-0.2, 0) is 26.9 Å². The number of halogens is 2. The first-order chi connectivity index (χ1) is 17.1. The van der Waals surface area contributed by atoms with Gasteiger partial charge in [-0.2, -0.15) is 0 Å². The summed E-state index contributed by atoms with van der Waals surface area (Å²) in [6.45, 7) is 0.302. The third-order valence-corrected chi connectivity index (χ3v) is 7.57. The maximum absolute atomic E-state index is 14.0. The molecule has 0 aliphatic carbocycles. The summed E-state index contributed by atoms with van der Waals surface area (Å²) in [5, 5.41) is 8.34. The third kappa shape index (κ3) is 5.95. The lowest BCUT2D eigenvalue weighted by molar-refractivity contribution is -0.116. The number of rotatable bonds is 8. The van der Waals surface area contributed by atoms with Gasteiger partial charge in [0.05, 0.1) is 30.0 Å². The smallest absolute Gasteiger partial charge is 0.251 e. The number of benzene rings is 3. The van der Waals surface area contributed by atoms with E-state index in [4.69, 9.17) is 16.3 Å². The Balaban J connectivity index is 1.41. The monoisotopic (exact) mass is 531 g/mol. The van der Waals surface area contributed by atoms with Gasteiger partial charge in [-0.25, -0.2) is 12.8 Å². The highest BCUT2D eigenvalue weighted by molar-refractivity contribution is 7.90. The van der Waals surface area contributed by atoms with Crippen LogP contribution in [0.4, 0.5) is 15.8 Å². The lowest BCUT2D eigenvalue weighted by Gasteiger charge is -2.27. The van der Waals surface area contributed by atoms with Crippen LogP contribution in [0.25, 0.3) is 0 Å². The number of fused-ring (bicyclic) bond motifs is 1. The number of methoxy groups -OCH3 is 1. The summed E-state index contributed by atoms with van der Waals surface area (Å²) in [6, 6.07) is 14.7. The Morgan fingerprint density at radius 1 is 1.11 bits per heavy atom. The molecule has 0 aromatic heterocycles. The van der Waals surface area contributed by atoms with E-state index < -0.39 is 39.1 Å². The summed E-state index contributed by atoms with van der Waals surface area (Å²) in [5.74, 6) is -2.13. The van der Waals surface area contributed by atoms with Gasteiger partial charge in [0.25, 0.3) is 5.91 Å². The second-order valence-corrected chi connectivity index (χ2v) is 10.7. The van der Waals surface area contributed by atoms with Gasteiger partial charge in [0.15, 0.2) is 9.84 Å². The molecular formula is C25H23ClFN3O5S. The van der Waals surface area contributed by atoms with E-state index in [2.05, 4.69) is 16.0 Å². The van der Waals surface area contributed by atoms with Gasteiger partial charge in [0, 0.05) is 22.7 Å². The summed E-state index contributed by atoms with van der Waals surface area (Å²) in [5.41, 5.74) is 1.89. The Hall–Kier alpha value is -3.63. The molecule has 1 unspecified atom stereocenters. The first kappa shape index (κ1) is 25.5. The van der Waals surface area contributed by atoms with Gasteiger partial charge >= 0.3 is 0 Å². The van der Waals surface area contributed by atoms with Gasteiger partial charge in [0.1, 0.15) is 17.6 Å². The van der Waals surface area contributed by atoms with E-state index >= 15 is 0 Å². The lowest BCUT2D eigenvalue weighted by Crippen LogP contribution is -2.43. The molecule has 0 fully saturated rings. The van der Waals surface area contributed by atoms with E-state index in [1.165, 1.54) is 18.2 Å². The van der Waals surface area contributed by atoms with Crippen LogP contribution in [-0.4, -0.2) is 39.1 Å². The highest BCUT2D eigenvalue weighted by Crippen LogP contribution is 2.29. The van der Waals surface area contributed by atoms with Crippen molar-refractivity contribution in [1.29, 1.82) is 0 Å². The third-order valence-electron chi connectivity index (χ3n) is 5.64. The van der Waals surface area contributed by atoms with Crippen LogP contribution in [0.2, 0.25) is 5.02 Å². The zero-order valence-corrected chi connectivity index (χ0v) is 20.8. The fraction of sp³-hybridized carbons (Fsp3) is 0.200. The van der Waals surface area contributed by atoms with Gasteiger partial charge in [0.2, 0.25) is 5.91 Å². The molecule has 3 aromatic carbocycles. The number of hydrogen-bond donors (Lipinski definition) is 3. The van der Waals surface area contributed by atoms with Crippen molar-refractivity contribution in [3.05, 3.63) is 88.2 Å². The molecule has 4 rings (SSSR count). The minimum atomic E-state index is -3.89. The number of carbonyl (C=O) groups excluding carboxylic acids is 2. The molecule has 3 N–H and O–H groups in total. The van der Waals surface area contributed by atoms with Crippen molar-refractivity contribution < 1.29 is 27.1 Å². The summed E-state index contributed by atoms with van der Waals surface area (Å²) < 4.78 is 44.5. The fourth-order valence-electron chi connectivity index (χ4n) is 3.74. The predicted octanol–water partition coefficient (Wildman–Crippen LogP) is 3.77. The lowest BCUT2D eigenvalue weighted by atomic mass is 10.1. The van der Waals surface area contributed by atoms with Gasteiger partial charge in [-0.15, -0.1) is 0 Å². The summed E-state index contributed by atoms with van der Waals surface area (Å²) in [6.07, 6.45) is 0. The number of nitrogens with one attached hydrogen (secondary N) is 3. The topological polar surface area (TPSA) is 114 Å². The number of sulfone groups is 1. The number of hydrogen-bond acceptors (Lipinski definition) is 6. The van der Waals surface area contributed by atoms with Crippen molar-refractivity contribution in [2.75, 3.05) is 23.5 Å². The molecule has 3 aromatic rings. The molecule has 0 saturated carbocycles. The van der Waals surface area contributed by atoms with Crippen LogP contribution in [0.5, 0.6) is 5.75 Å². The summed E-state index contributed by atoms with van der Waals surface area (Å²) in [7, 11) is -2.32. The molecule has 1 atom stereocenters. The molecule has 2 amide bonds. The van der Waals surface area contributed by atoms with E-state index in [1.54, 1.807) is 31.4 Å². The van der Waals surface area contributed by atoms with Gasteiger partial charge in [-0.1, -0.05) is 29.8 Å². The predicted molar refractivity (Wildman–Crippen MR) is 136 cm³/mol. The van der Waals surface area contributed by atoms with Gasteiger partial charge in [-0.05, 0) is 48.0 Å². The Labute approximate surface area is 212 Å². The van der Waals surface area contributed by atoms with E-state index in [0.29, 0.717) is 29.2 Å². The average molecular weight is 532 g/mol. The molecule has 1 heterocycles. The van der Waals surface area contributed by atoms with E-state index in [1.807, 2.05) is 12.1 Å². The van der Waals surface area contributed by atoms with Crippen LogP contribution in [0, 0.1) is 5.82 Å². The molecule has 0 bridgehead atoms. The van der Waals surface area contributed by atoms with E-state index in [0.717, 1.165) is 11.6 Å². The maximum Gasteiger partial charge on any atom is 0.251 e. The standard InChI is InChI=1S/C25H23ClFN3O5S/c1-35-17-8-5-15(6-9-17)12-28-24(31)16-7-10-21-22(11-16)30-25(32)23(29-21)14-36(33,34)13-18-19(26)3-2-4-20(18)27/h2-11,23,29H,12-14H2,1H3,(H,28,31)(H,30,32). The summed E-state index contributed by atoms with van der Waals surface area (Å²) >= 11 is 5.95. The van der Waals surface area contributed by atoms with E-state index in [9.17, 15) is 22.4 Å². The van der Waals surface area contributed by atoms with Gasteiger partial charge < -0.3 is 20.7 Å². The molecule has 188 valence electrons. The summed E-state index contributed by atoms with van der Waals surface area (Å²) in [4.78, 5) is 25.2. The normalized spacial score (nSPS) is 14.9. The minimum Gasteiger partial charge on any atom is -0.497 e. The van der Waals surface area contributed by atoms with Crippen molar-refractivity contribution in [3.63, 3.8) is 0 Å². The van der Waals surface area contributed by atoms with E-state index in [-0.39, 0.29) is 16.5 Å². The zero-order chi connectivity index (χ0) is 25.9. The number of amides is 2. The number of ether oxygens (including phenoxy) is 1. The van der Waals surface area contributed by atoms with Crippen molar-refractivity contribution in [2.24, 2.45) is 0 Å². The van der Waals surface area contributed by atoms with Crippen molar-refractivity contribution in [2.45, 2.75) is 18.3 Å². The largest absolute Gasteiger partial charge is 0.497 e. The molecule has 0 spiro atoms. The van der Waals surface area contributed by atoms with Crippen LogP contribution >= 0.6 is 11.6 Å². The molecule has 36 heavy (non-hydrogen) atoms. The molecule has 8 nitrogen and oxygen atoms in total. The SMILES string of the molecule is COc1ccc(CNC(=O)c2ccc3c(c2)NC(=O)C(CS(=O)(=O)Cc2c(F)cccc2Cl)N3)cc1. The first-order valence-corrected chi connectivity index (χ1v) is 13.1. The second kappa shape index (κ2) is 10.5. The Kier molecular flexibility index (Phi) is 7.46. The molecule has 11 heteroatoms. The van der Waals surface area contributed by atoms with Crippen molar-refractivity contribution >= 4 is 44.6 Å². The Morgan fingerprint density at radius 2 is 1.86 bits per heavy atom. The van der Waals surface area contributed by atoms with Crippen molar-refractivity contribution in [3.8, 4) is 5.75 Å². The number of anilines is 2. The zero-order valence-electron chi connectivity index (χ0n) is 19.2. The minimum absolute atomic E-state index is 0.00257. The Bertz CT molecular complexity index is 1390. The number of carbonyl (C=O) groups is 2. The molecule has 1 aliphatic rings. The molecule has 0 saturated heterocycles. The van der Waals surface area contributed by atoms with Crippen molar-refractivity contribution in [1.82, 2.24) is 5.32 Å².